The maximum Gasteiger partial charge on any atom is 0.325 e. The molecule has 0 saturated carbocycles. The van der Waals surface area contributed by atoms with Crippen molar-refractivity contribution < 1.29 is 4.79 Å². The number of nitrogens with zero attached hydrogens (tertiary/aromatic N) is 2. The number of imidazole rings is 1. The molecule has 0 bridgehead atoms. The Morgan fingerprint density at radius 3 is 2.59 bits per heavy atom. The zero-order valence-corrected chi connectivity index (χ0v) is 15.0. The molecule has 0 unspecified atom stereocenters. The molecule has 1 saturated heterocycles. The molecule has 0 spiro atoms. The first kappa shape index (κ1) is 17.3. The number of piperidine rings is 1. The Bertz CT molecular complexity index is 1070. The smallest absolute Gasteiger partial charge is 0.325 e. The van der Waals surface area contributed by atoms with Crippen LogP contribution in [0.3, 0.4) is 0 Å². The van der Waals surface area contributed by atoms with Gasteiger partial charge in [0.15, 0.2) is 0 Å². The second kappa shape index (κ2) is 6.86. The van der Waals surface area contributed by atoms with E-state index in [0.29, 0.717) is 30.3 Å². The summed E-state index contributed by atoms with van der Waals surface area (Å²) >= 11 is 0. The summed E-state index contributed by atoms with van der Waals surface area (Å²) in [6.45, 7) is 2.88. The van der Waals surface area contributed by atoms with E-state index in [1.807, 2.05) is 24.3 Å². The Morgan fingerprint density at radius 2 is 1.89 bits per heavy atom. The number of amides is 1. The van der Waals surface area contributed by atoms with Crippen molar-refractivity contribution in [1.82, 2.24) is 24.8 Å². The molecule has 27 heavy (non-hydrogen) atoms. The van der Waals surface area contributed by atoms with Crippen LogP contribution in [0.2, 0.25) is 0 Å². The van der Waals surface area contributed by atoms with Crippen molar-refractivity contribution in [3.63, 3.8) is 0 Å². The predicted molar refractivity (Wildman–Crippen MR) is 101 cm³/mol. The normalized spacial score (nSPS) is 15.4. The van der Waals surface area contributed by atoms with Gasteiger partial charge in [0.25, 0.3) is 5.56 Å². The van der Waals surface area contributed by atoms with E-state index in [9.17, 15) is 14.4 Å². The Labute approximate surface area is 154 Å². The van der Waals surface area contributed by atoms with E-state index >= 15 is 0 Å². The van der Waals surface area contributed by atoms with Crippen molar-refractivity contribution in [3.8, 4) is 0 Å². The SMILES string of the molecule is Cc1[nH]c(=O)[nH]c(=O)c1CC(=O)N1CCC(c2nc3ccccc3[nH]2)CC1. The van der Waals surface area contributed by atoms with E-state index in [1.165, 1.54) is 0 Å². The maximum absolute atomic E-state index is 12.6. The maximum atomic E-state index is 12.6. The lowest BCUT2D eigenvalue weighted by molar-refractivity contribution is -0.131. The molecule has 3 heterocycles. The molecule has 1 aliphatic heterocycles. The molecule has 1 aromatic carbocycles. The average Bonchev–Trinajstić information content (AvgIpc) is 3.09. The highest BCUT2D eigenvalue weighted by Crippen LogP contribution is 2.27. The summed E-state index contributed by atoms with van der Waals surface area (Å²) in [5.41, 5.74) is 1.69. The van der Waals surface area contributed by atoms with Gasteiger partial charge in [-0.15, -0.1) is 0 Å². The number of fused-ring (bicyclic) bond motifs is 1. The van der Waals surface area contributed by atoms with Crippen LogP contribution in [0.15, 0.2) is 33.9 Å². The fraction of sp³-hybridized carbons (Fsp3) is 0.368. The van der Waals surface area contributed by atoms with Gasteiger partial charge >= 0.3 is 5.69 Å². The first-order chi connectivity index (χ1) is 13.0. The molecule has 1 aliphatic rings. The molecular formula is C19H21N5O3. The number of carbonyl (C=O) groups is 1. The van der Waals surface area contributed by atoms with Gasteiger partial charge in [-0.2, -0.15) is 0 Å². The molecule has 4 rings (SSSR count). The van der Waals surface area contributed by atoms with Gasteiger partial charge in [0.1, 0.15) is 5.82 Å². The zero-order valence-electron chi connectivity index (χ0n) is 15.0. The molecule has 8 nitrogen and oxygen atoms in total. The van der Waals surface area contributed by atoms with Crippen LogP contribution in [0, 0.1) is 6.92 Å². The number of aryl methyl sites for hydroxylation is 1. The quantitative estimate of drug-likeness (QED) is 0.645. The minimum Gasteiger partial charge on any atom is -0.342 e. The van der Waals surface area contributed by atoms with E-state index in [1.54, 1.807) is 11.8 Å². The Balaban J connectivity index is 1.42. The van der Waals surface area contributed by atoms with Gasteiger partial charge in [-0.1, -0.05) is 12.1 Å². The first-order valence-corrected chi connectivity index (χ1v) is 9.06. The number of rotatable bonds is 3. The lowest BCUT2D eigenvalue weighted by Gasteiger charge is -2.31. The number of aromatic amines is 3. The van der Waals surface area contributed by atoms with Crippen LogP contribution in [-0.4, -0.2) is 43.8 Å². The molecule has 8 heteroatoms. The van der Waals surface area contributed by atoms with Gasteiger partial charge in [0.2, 0.25) is 5.91 Å². The van der Waals surface area contributed by atoms with Crippen molar-refractivity contribution >= 4 is 16.9 Å². The summed E-state index contributed by atoms with van der Waals surface area (Å²) < 4.78 is 0. The lowest BCUT2D eigenvalue weighted by Crippen LogP contribution is -2.40. The fourth-order valence-electron chi connectivity index (χ4n) is 3.67. The molecule has 2 aromatic heterocycles. The molecule has 1 amide bonds. The van der Waals surface area contributed by atoms with E-state index in [-0.39, 0.29) is 12.3 Å². The van der Waals surface area contributed by atoms with Crippen LogP contribution >= 0.6 is 0 Å². The first-order valence-electron chi connectivity index (χ1n) is 9.06. The third-order valence-corrected chi connectivity index (χ3v) is 5.22. The van der Waals surface area contributed by atoms with Gasteiger partial charge in [-0.05, 0) is 31.9 Å². The summed E-state index contributed by atoms with van der Waals surface area (Å²) in [5, 5.41) is 0. The van der Waals surface area contributed by atoms with Gasteiger partial charge < -0.3 is 14.9 Å². The second-order valence-corrected chi connectivity index (χ2v) is 6.98. The van der Waals surface area contributed by atoms with E-state index in [2.05, 4.69) is 19.9 Å². The van der Waals surface area contributed by atoms with Crippen LogP contribution in [0.25, 0.3) is 11.0 Å². The van der Waals surface area contributed by atoms with Crippen LogP contribution in [0.5, 0.6) is 0 Å². The number of nitrogens with one attached hydrogen (secondary N) is 3. The minimum atomic E-state index is -0.555. The van der Waals surface area contributed by atoms with Crippen LogP contribution < -0.4 is 11.2 Å². The number of para-hydroxylation sites is 2. The van der Waals surface area contributed by atoms with Crippen LogP contribution in [-0.2, 0) is 11.2 Å². The van der Waals surface area contributed by atoms with E-state index < -0.39 is 11.2 Å². The van der Waals surface area contributed by atoms with E-state index in [0.717, 1.165) is 29.7 Å². The van der Waals surface area contributed by atoms with Crippen molar-refractivity contribution in [2.75, 3.05) is 13.1 Å². The average molecular weight is 367 g/mol. The summed E-state index contributed by atoms with van der Waals surface area (Å²) in [4.78, 5) is 50.4. The summed E-state index contributed by atoms with van der Waals surface area (Å²) in [6, 6.07) is 7.94. The number of hydrogen-bond donors (Lipinski definition) is 3. The van der Waals surface area contributed by atoms with Crippen molar-refractivity contribution in [3.05, 3.63) is 62.2 Å². The molecular weight excluding hydrogens is 346 g/mol. The molecule has 3 aromatic rings. The highest BCUT2D eigenvalue weighted by Gasteiger charge is 2.26. The van der Waals surface area contributed by atoms with Gasteiger partial charge in [0, 0.05) is 30.3 Å². The van der Waals surface area contributed by atoms with E-state index in [4.69, 9.17) is 0 Å². The summed E-state index contributed by atoms with van der Waals surface area (Å²) in [5.74, 6) is 1.16. The van der Waals surface area contributed by atoms with Gasteiger partial charge in [-0.25, -0.2) is 9.78 Å². The monoisotopic (exact) mass is 367 g/mol. The van der Waals surface area contributed by atoms with Crippen LogP contribution in [0.1, 0.15) is 35.8 Å². The summed E-state index contributed by atoms with van der Waals surface area (Å²) in [7, 11) is 0. The standard InChI is InChI=1S/C19H21N5O3/c1-11-13(18(26)23-19(27)20-11)10-16(25)24-8-6-12(7-9-24)17-21-14-4-2-3-5-15(14)22-17/h2-5,12H,6-10H2,1H3,(H,21,22)(H2,20,23,26,27). The number of H-pyrrole nitrogens is 3. The second-order valence-electron chi connectivity index (χ2n) is 6.98. The molecule has 0 radical (unpaired) electrons. The highest BCUT2D eigenvalue weighted by molar-refractivity contribution is 5.79. The largest absolute Gasteiger partial charge is 0.342 e. The Hall–Kier alpha value is -3.16. The highest BCUT2D eigenvalue weighted by atomic mass is 16.2. The third kappa shape index (κ3) is 3.42. The predicted octanol–water partition coefficient (Wildman–Crippen LogP) is 1.20. The molecule has 3 N–H and O–H groups in total. The molecule has 140 valence electrons. The number of likely N-dealkylation sites (tertiary alicyclic amines) is 1. The molecule has 0 aliphatic carbocycles. The van der Waals surface area contributed by atoms with Crippen LogP contribution in [0.4, 0.5) is 0 Å². The summed E-state index contributed by atoms with van der Waals surface area (Å²) in [6.07, 6.45) is 1.65. The van der Waals surface area contributed by atoms with Crippen molar-refractivity contribution in [2.45, 2.75) is 32.1 Å². The number of aromatic nitrogens is 4. The third-order valence-electron chi connectivity index (χ3n) is 5.22. The van der Waals surface area contributed by atoms with Crippen molar-refractivity contribution in [1.29, 1.82) is 0 Å². The number of hydrogen-bond acceptors (Lipinski definition) is 4. The molecule has 1 fully saturated rings. The minimum absolute atomic E-state index is 0.00670. The fourth-order valence-corrected chi connectivity index (χ4v) is 3.67. The Morgan fingerprint density at radius 1 is 1.15 bits per heavy atom. The number of carbonyl (C=O) groups excluding carboxylic acids is 1. The van der Waals surface area contributed by atoms with Gasteiger partial charge in [0.05, 0.1) is 17.5 Å². The Kier molecular flexibility index (Phi) is 4.39. The number of benzene rings is 1. The van der Waals surface area contributed by atoms with Crippen molar-refractivity contribution in [2.24, 2.45) is 0 Å². The topological polar surface area (TPSA) is 115 Å². The molecule has 0 atom stereocenters. The van der Waals surface area contributed by atoms with Gasteiger partial charge in [-0.3, -0.25) is 14.6 Å². The lowest BCUT2D eigenvalue weighted by atomic mass is 9.95. The zero-order chi connectivity index (χ0) is 19.0.